The Kier molecular flexibility index (Phi) is 5.40. The number of hydrogen-bond acceptors (Lipinski definition) is 5. The quantitative estimate of drug-likeness (QED) is 0.680. The highest BCUT2D eigenvalue weighted by Crippen LogP contribution is 2.38. The molecule has 1 unspecified atom stereocenters. The molecule has 0 spiro atoms. The Morgan fingerprint density at radius 3 is 2.84 bits per heavy atom. The predicted molar refractivity (Wildman–Crippen MR) is 121 cm³/mol. The van der Waals surface area contributed by atoms with Gasteiger partial charge < -0.3 is 15.0 Å². The van der Waals surface area contributed by atoms with E-state index in [1.807, 2.05) is 26.2 Å². The smallest absolute Gasteiger partial charge is 0.149 e. The van der Waals surface area contributed by atoms with Gasteiger partial charge in [0.15, 0.2) is 0 Å². The van der Waals surface area contributed by atoms with Crippen molar-refractivity contribution in [2.45, 2.75) is 45.2 Å². The van der Waals surface area contributed by atoms with Crippen molar-refractivity contribution in [3.05, 3.63) is 41.3 Å². The van der Waals surface area contributed by atoms with Crippen molar-refractivity contribution in [2.75, 3.05) is 31.2 Å². The fourth-order valence-electron chi connectivity index (χ4n) is 4.89. The van der Waals surface area contributed by atoms with Gasteiger partial charge in [-0.25, -0.2) is 9.37 Å². The molecule has 31 heavy (non-hydrogen) atoms. The Labute approximate surface area is 182 Å². The normalized spacial score (nSPS) is 21.5. The van der Waals surface area contributed by atoms with Gasteiger partial charge in [0.2, 0.25) is 0 Å². The van der Waals surface area contributed by atoms with Crippen molar-refractivity contribution in [2.24, 2.45) is 7.05 Å². The second-order valence-corrected chi connectivity index (χ2v) is 8.80. The number of aryl methyl sites for hydroxylation is 3. The summed E-state index contributed by atoms with van der Waals surface area (Å²) in [4.78, 5) is 7.18. The fraction of sp³-hybridized carbons (Fsp3) is 0.500. The molecule has 3 aromatic rings. The molecule has 0 aliphatic carbocycles. The van der Waals surface area contributed by atoms with E-state index in [4.69, 9.17) is 9.72 Å². The molecular weight excluding hydrogens is 393 g/mol. The summed E-state index contributed by atoms with van der Waals surface area (Å²) in [6.45, 7) is 7.47. The Morgan fingerprint density at radius 1 is 1.26 bits per heavy atom. The van der Waals surface area contributed by atoms with Crippen LogP contribution in [-0.2, 0) is 18.2 Å². The van der Waals surface area contributed by atoms with E-state index in [0.717, 1.165) is 79.2 Å². The van der Waals surface area contributed by atoms with Gasteiger partial charge in [-0.05, 0) is 55.5 Å². The highest BCUT2D eigenvalue weighted by atomic mass is 19.1. The van der Waals surface area contributed by atoms with Crippen molar-refractivity contribution in [3.63, 3.8) is 0 Å². The number of aromatic nitrogens is 3. The van der Waals surface area contributed by atoms with E-state index < -0.39 is 0 Å². The van der Waals surface area contributed by atoms with Crippen LogP contribution in [0, 0.1) is 12.7 Å². The topological polar surface area (TPSA) is 55.2 Å². The molecule has 2 aliphatic heterocycles. The van der Waals surface area contributed by atoms with Crippen LogP contribution >= 0.6 is 0 Å². The minimum atomic E-state index is -0.247. The molecule has 164 valence electrons. The summed E-state index contributed by atoms with van der Waals surface area (Å²) in [5.74, 6) is 0.585. The number of pyridine rings is 1. The van der Waals surface area contributed by atoms with E-state index >= 15 is 4.39 Å². The first-order valence-electron chi connectivity index (χ1n) is 11.2. The van der Waals surface area contributed by atoms with E-state index in [1.54, 1.807) is 10.7 Å². The molecule has 0 radical (unpaired) electrons. The third-order valence-electron chi connectivity index (χ3n) is 6.61. The molecule has 0 bridgehead atoms. The highest BCUT2D eigenvalue weighted by molar-refractivity contribution is 5.94. The van der Waals surface area contributed by atoms with Crippen LogP contribution < -0.4 is 10.2 Å². The number of benzene rings is 1. The van der Waals surface area contributed by atoms with Gasteiger partial charge in [-0.3, -0.25) is 4.68 Å². The second-order valence-electron chi connectivity index (χ2n) is 8.80. The molecule has 0 amide bonds. The third kappa shape index (κ3) is 3.81. The van der Waals surface area contributed by atoms with Crippen LogP contribution in [0.25, 0.3) is 22.2 Å². The SMILES string of the molecule is CCc1cc(F)c2nc(N3CCC(N[C@H]4CCOC4)C3)c(-c3ccn(C)n3)c(C)c2c1. The van der Waals surface area contributed by atoms with Crippen LogP contribution in [0.2, 0.25) is 0 Å². The third-order valence-corrected chi connectivity index (χ3v) is 6.61. The van der Waals surface area contributed by atoms with Crippen LogP contribution in [-0.4, -0.2) is 53.2 Å². The van der Waals surface area contributed by atoms with Gasteiger partial charge in [0.25, 0.3) is 0 Å². The number of anilines is 1. The van der Waals surface area contributed by atoms with Crippen LogP contribution in [0.3, 0.4) is 0 Å². The first-order chi connectivity index (χ1) is 15.0. The Morgan fingerprint density at radius 2 is 2.13 bits per heavy atom. The molecule has 2 aromatic heterocycles. The molecule has 6 nitrogen and oxygen atoms in total. The van der Waals surface area contributed by atoms with Gasteiger partial charge in [-0.15, -0.1) is 0 Å². The molecule has 1 N–H and O–H groups in total. The maximum atomic E-state index is 15.0. The summed E-state index contributed by atoms with van der Waals surface area (Å²) >= 11 is 0. The summed E-state index contributed by atoms with van der Waals surface area (Å²) in [5, 5.41) is 9.28. The van der Waals surface area contributed by atoms with Gasteiger partial charge in [-0.1, -0.05) is 6.92 Å². The van der Waals surface area contributed by atoms with Crippen molar-refractivity contribution in [3.8, 4) is 11.3 Å². The molecule has 0 saturated carbocycles. The van der Waals surface area contributed by atoms with Crippen molar-refractivity contribution < 1.29 is 9.13 Å². The van der Waals surface area contributed by atoms with E-state index in [2.05, 4.69) is 28.3 Å². The van der Waals surface area contributed by atoms with E-state index in [1.165, 1.54) is 0 Å². The maximum absolute atomic E-state index is 15.0. The lowest BCUT2D eigenvalue weighted by Crippen LogP contribution is -2.40. The van der Waals surface area contributed by atoms with Gasteiger partial charge in [0.05, 0.1) is 12.3 Å². The monoisotopic (exact) mass is 423 g/mol. The summed E-state index contributed by atoms with van der Waals surface area (Å²) in [6, 6.07) is 6.52. The molecule has 2 saturated heterocycles. The Bertz CT molecular complexity index is 1110. The van der Waals surface area contributed by atoms with Gasteiger partial charge in [0.1, 0.15) is 17.2 Å². The second kappa shape index (κ2) is 8.20. The fourth-order valence-corrected chi connectivity index (χ4v) is 4.89. The zero-order chi connectivity index (χ0) is 21.5. The van der Waals surface area contributed by atoms with Crippen molar-refractivity contribution >= 4 is 16.7 Å². The first kappa shape index (κ1) is 20.4. The number of nitrogens with zero attached hydrogens (tertiary/aromatic N) is 4. The van der Waals surface area contributed by atoms with Gasteiger partial charge in [0, 0.05) is 56.0 Å². The van der Waals surface area contributed by atoms with Crippen molar-refractivity contribution in [1.82, 2.24) is 20.1 Å². The summed E-state index contributed by atoms with van der Waals surface area (Å²) in [5.41, 5.74) is 4.36. The van der Waals surface area contributed by atoms with Gasteiger partial charge in [-0.2, -0.15) is 5.10 Å². The minimum absolute atomic E-state index is 0.247. The zero-order valence-electron chi connectivity index (χ0n) is 18.5. The van der Waals surface area contributed by atoms with Crippen LogP contribution in [0.4, 0.5) is 10.2 Å². The molecule has 2 fully saturated rings. The zero-order valence-corrected chi connectivity index (χ0v) is 18.5. The molecule has 2 aliphatic rings. The summed E-state index contributed by atoms with van der Waals surface area (Å²) < 4.78 is 22.4. The van der Waals surface area contributed by atoms with Crippen molar-refractivity contribution in [1.29, 1.82) is 0 Å². The lowest BCUT2D eigenvalue weighted by molar-refractivity contribution is 0.188. The molecule has 5 rings (SSSR count). The molecule has 4 heterocycles. The lowest BCUT2D eigenvalue weighted by Gasteiger charge is -2.24. The number of rotatable bonds is 5. The van der Waals surface area contributed by atoms with Gasteiger partial charge >= 0.3 is 0 Å². The number of hydrogen-bond donors (Lipinski definition) is 1. The number of ether oxygens (including phenoxy) is 1. The summed E-state index contributed by atoms with van der Waals surface area (Å²) in [7, 11) is 1.92. The Balaban J connectivity index is 1.58. The highest BCUT2D eigenvalue weighted by Gasteiger charge is 2.30. The largest absolute Gasteiger partial charge is 0.380 e. The number of halogens is 1. The van der Waals surface area contributed by atoms with E-state index in [9.17, 15) is 0 Å². The average Bonchev–Trinajstić information content (AvgIpc) is 3.51. The Hall–Kier alpha value is -2.51. The van der Waals surface area contributed by atoms with E-state index in [0.29, 0.717) is 17.6 Å². The first-order valence-corrected chi connectivity index (χ1v) is 11.2. The molecule has 7 heteroatoms. The van der Waals surface area contributed by atoms with E-state index in [-0.39, 0.29) is 5.82 Å². The average molecular weight is 424 g/mol. The minimum Gasteiger partial charge on any atom is -0.380 e. The number of nitrogens with one attached hydrogen (secondary N) is 1. The standard InChI is InChI=1S/C24H30FN5O/c1-4-16-11-19-15(2)22(21-6-8-29(3)28-21)24(27-23(19)20(25)12-16)30-9-5-17(13-30)26-18-7-10-31-14-18/h6,8,11-12,17-18,26H,4-5,7,9-10,13-14H2,1-3H3/t17?,18-/m0/s1. The molecule has 1 aromatic carbocycles. The van der Waals surface area contributed by atoms with Crippen LogP contribution in [0.5, 0.6) is 0 Å². The molecular formula is C24H30FN5O. The lowest BCUT2D eigenvalue weighted by atomic mass is 9.98. The van der Waals surface area contributed by atoms with Crippen LogP contribution in [0.1, 0.15) is 30.9 Å². The molecule has 2 atom stereocenters. The summed E-state index contributed by atoms with van der Waals surface area (Å²) in [6.07, 6.45) is 4.83. The van der Waals surface area contributed by atoms with Crippen LogP contribution in [0.15, 0.2) is 24.4 Å². The maximum Gasteiger partial charge on any atom is 0.149 e. The number of fused-ring (bicyclic) bond motifs is 1. The predicted octanol–water partition coefficient (Wildman–Crippen LogP) is 3.60.